The number of rotatable bonds is 5. The second kappa shape index (κ2) is 5.50. The van der Waals surface area contributed by atoms with E-state index in [1.54, 1.807) is 7.11 Å². The van der Waals surface area contributed by atoms with Crippen molar-refractivity contribution in [2.75, 3.05) is 13.7 Å². The van der Waals surface area contributed by atoms with E-state index in [-0.39, 0.29) is 6.04 Å². The van der Waals surface area contributed by atoms with Gasteiger partial charge in [0.25, 0.3) is 0 Å². The summed E-state index contributed by atoms with van der Waals surface area (Å²) in [5, 5.41) is 0. The Morgan fingerprint density at radius 2 is 2.06 bits per heavy atom. The molecule has 4 heteroatoms. The van der Waals surface area contributed by atoms with Crippen molar-refractivity contribution < 1.29 is 4.74 Å². The normalized spacial score (nSPS) is 13.4. The average Bonchev–Trinajstić information content (AvgIpc) is 2.75. The summed E-state index contributed by atoms with van der Waals surface area (Å²) >= 11 is 0. The third kappa shape index (κ3) is 2.40. The van der Waals surface area contributed by atoms with Gasteiger partial charge in [0.15, 0.2) is 0 Å². The maximum absolute atomic E-state index is 6.22. The molecular weight excluding hydrogens is 226 g/mol. The van der Waals surface area contributed by atoms with Crippen molar-refractivity contribution >= 4 is 11.0 Å². The van der Waals surface area contributed by atoms with Crippen LogP contribution >= 0.6 is 0 Å². The van der Waals surface area contributed by atoms with Crippen molar-refractivity contribution in [3.8, 4) is 0 Å². The molecular formula is C14H21N3O. The van der Waals surface area contributed by atoms with Gasteiger partial charge in [0.2, 0.25) is 0 Å². The first-order valence-corrected chi connectivity index (χ1v) is 6.36. The highest BCUT2D eigenvalue weighted by molar-refractivity contribution is 5.76. The SMILES string of the molecule is COCCC(N)c1nc2ccccc2n1C(C)C. The van der Waals surface area contributed by atoms with Gasteiger partial charge in [0.1, 0.15) is 5.82 Å². The van der Waals surface area contributed by atoms with Crippen molar-refractivity contribution in [3.05, 3.63) is 30.1 Å². The fraction of sp³-hybridized carbons (Fsp3) is 0.500. The monoisotopic (exact) mass is 247 g/mol. The first kappa shape index (κ1) is 13.1. The van der Waals surface area contributed by atoms with E-state index in [1.165, 1.54) is 0 Å². The molecule has 0 aliphatic carbocycles. The molecule has 0 aliphatic rings. The number of hydrogen-bond donors (Lipinski definition) is 1. The summed E-state index contributed by atoms with van der Waals surface area (Å²) in [7, 11) is 1.69. The van der Waals surface area contributed by atoms with Crippen LogP contribution in [0.2, 0.25) is 0 Å². The molecule has 2 rings (SSSR count). The topological polar surface area (TPSA) is 53.1 Å². The Bertz CT molecular complexity index is 519. The van der Waals surface area contributed by atoms with Crippen LogP contribution in [0, 0.1) is 0 Å². The van der Waals surface area contributed by atoms with E-state index in [9.17, 15) is 0 Å². The lowest BCUT2D eigenvalue weighted by Crippen LogP contribution is -2.19. The Labute approximate surface area is 108 Å². The lowest BCUT2D eigenvalue weighted by Gasteiger charge is -2.17. The number of nitrogens with two attached hydrogens (primary N) is 1. The van der Waals surface area contributed by atoms with E-state index < -0.39 is 0 Å². The molecule has 1 heterocycles. The minimum atomic E-state index is -0.0836. The van der Waals surface area contributed by atoms with Gasteiger partial charge >= 0.3 is 0 Å². The molecule has 1 atom stereocenters. The van der Waals surface area contributed by atoms with Gasteiger partial charge in [-0.1, -0.05) is 12.1 Å². The maximum atomic E-state index is 6.22. The van der Waals surface area contributed by atoms with Crippen LogP contribution in [0.25, 0.3) is 11.0 Å². The smallest absolute Gasteiger partial charge is 0.127 e. The molecule has 4 nitrogen and oxygen atoms in total. The number of benzene rings is 1. The Hall–Kier alpha value is -1.39. The van der Waals surface area contributed by atoms with Crippen molar-refractivity contribution in [3.63, 3.8) is 0 Å². The summed E-state index contributed by atoms with van der Waals surface area (Å²) in [6, 6.07) is 8.42. The highest BCUT2D eigenvalue weighted by Crippen LogP contribution is 2.25. The number of nitrogens with zero attached hydrogens (tertiary/aromatic N) is 2. The minimum Gasteiger partial charge on any atom is -0.385 e. The van der Waals surface area contributed by atoms with Crippen LogP contribution in [0.15, 0.2) is 24.3 Å². The van der Waals surface area contributed by atoms with Gasteiger partial charge in [-0.25, -0.2) is 4.98 Å². The van der Waals surface area contributed by atoms with Crippen LogP contribution in [0.4, 0.5) is 0 Å². The van der Waals surface area contributed by atoms with Crippen LogP contribution in [-0.2, 0) is 4.74 Å². The van der Waals surface area contributed by atoms with E-state index in [0.717, 1.165) is 23.3 Å². The van der Waals surface area contributed by atoms with E-state index in [2.05, 4.69) is 29.5 Å². The largest absolute Gasteiger partial charge is 0.385 e. The molecule has 1 aromatic carbocycles. The summed E-state index contributed by atoms with van der Waals surface area (Å²) in [6.07, 6.45) is 0.784. The summed E-state index contributed by atoms with van der Waals surface area (Å²) in [6.45, 7) is 4.96. The summed E-state index contributed by atoms with van der Waals surface area (Å²) in [5.41, 5.74) is 8.38. The Kier molecular flexibility index (Phi) is 3.99. The van der Waals surface area contributed by atoms with Gasteiger partial charge < -0.3 is 15.0 Å². The third-order valence-electron chi connectivity index (χ3n) is 3.10. The van der Waals surface area contributed by atoms with Crippen LogP contribution in [0.1, 0.15) is 38.2 Å². The van der Waals surface area contributed by atoms with Gasteiger partial charge in [-0.2, -0.15) is 0 Å². The van der Waals surface area contributed by atoms with Crippen LogP contribution in [0.5, 0.6) is 0 Å². The van der Waals surface area contributed by atoms with Crippen molar-refractivity contribution in [1.82, 2.24) is 9.55 Å². The lowest BCUT2D eigenvalue weighted by atomic mass is 10.2. The Morgan fingerprint density at radius 1 is 1.33 bits per heavy atom. The molecule has 0 amide bonds. The number of imidazole rings is 1. The van der Waals surface area contributed by atoms with Gasteiger partial charge in [-0.15, -0.1) is 0 Å². The molecule has 1 unspecified atom stereocenters. The number of fused-ring (bicyclic) bond motifs is 1. The summed E-state index contributed by atoms with van der Waals surface area (Å²) < 4.78 is 7.31. The molecule has 0 saturated carbocycles. The molecule has 0 fully saturated rings. The van der Waals surface area contributed by atoms with Gasteiger partial charge in [-0.3, -0.25) is 0 Å². The van der Waals surface area contributed by atoms with Crippen molar-refractivity contribution in [2.45, 2.75) is 32.4 Å². The Morgan fingerprint density at radius 3 is 2.72 bits per heavy atom. The van der Waals surface area contributed by atoms with Gasteiger partial charge in [-0.05, 0) is 32.4 Å². The van der Waals surface area contributed by atoms with Crippen molar-refractivity contribution in [2.24, 2.45) is 5.73 Å². The van der Waals surface area contributed by atoms with Crippen LogP contribution < -0.4 is 5.73 Å². The predicted molar refractivity (Wildman–Crippen MR) is 73.5 cm³/mol. The third-order valence-corrected chi connectivity index (χ3v) is 3.10. The molecule has 18 heavy (non-hydrogen) atoms. The standard InChI is InChI=1S/C14H21N3O/c1-10(2)17-13-7-5-4-6-12(13)16-14(17)11(15)8-9-18-3/h4-7,10-11H,8-9,15H2,1-3H3. The highest BCUT2D eigenvalue weighted by Gasteiger charge is 2.18. The quantitative estimate of drug-likeness (QED) is 0.883. The molecule has 0 aliphatic heterocycles. The summed E-state index contributed by atoms with van der Waals surface area (Å²) in [4.78, 5) is 4.67. The first-order valence-electron chi connectivity index (χ1n) is 6.36. The number of aromatic nitrogens is 2. The van der Waals surface area contributed by atoms with Crippen molar-refractivity contribution in [1.29, 1.82) is 0 Å². The zero-order valence-electron chi connectivity index (χ0n) is 11.3. The average molecular weight is 247 g/mol. The van der Waals surface area contributed by atoms with Crippen LogP contribution in [-0.4, -0.2) is 23.3 Å². The molecule has 98 valence electrons. The summed E-state index contributed by atoms with van der Waals surface area (Å²) in [5.74, 6) is 0.947. The molecule has 0 bridgehead atoms. The van der Waals surface area contributed by atoms with Gasteiger partial charge in [0, 0.05) is 19.8 Å². The number of para-hydroxylation sites is 2. The van der Waals surface area contributed by atoms with E-state index >= 15 is 0 Å². The number of methoxy groups -OCH3 is 1. The lowest BCUT2D eigenvalue weighted by molar-refractivity contribution is 0.186. The minimum absolute atomic E-state index is 0.0836. The zero-order valence-corrected chi connectivity index (χ0v) is 11.3. The fourth-order valence-corrected chi connectivity index (χ4v) is 2.24. The first-order chi connectivity index (χ1) is 8.65. The number of hydrogen-bond acceptors (Lipinski definition) is 3. The molecule has 2 aromatic rings. The van der Waals surface area contributed by atoms with E-state index in [1.807, 2.05) is 18.2 Å². The van der Waals surface area contributed by atoms with Gasteiger partial charge in [0.05, 0.1) is 17.1 Å². The molecule has 1 aromatic heterocycles. The molecule has 0 saturated heterocycles. The second-order valence-corrected chi connectivity index (χ2v) is 4.81. The molecule has 0 spiro atoms. The van der Waals surface area contributed by atoms with E-state index in [4.69, 9.17) is 10.5 Å². The second-order valence-electron chi connectivity index (χ2n) is 4.81. The zero-order chi connectivity index (χ0) is 13.1. The Balaban J connectivity index is 2.45. The molecule has 2 N–H and O–H groups in total. The van der Waals surface area contributed by atoms with E-state index in [0.29, 0.717) is 12.6 Å². The number of ether oxygens (including phenoxy) is 1. The van der Waals surface area contributed by atoms with Crippen LogP contribution in [0.3, 0.4) is 0 Å². The predicted octanol–water partition coefficient (Wildman–Crippen LogP) is 2.65. The fourth-order valence-electron chi connectivity index (χ4n) is 2.24. The maximum Gasteiger partial charge on any atom is 0.127 e. The highest BCUT2D eigenvalue weighted by atomic mass is 16.5. The molecule has 0 radical (unpaired) electrons.